The molecular formula is C21H18N6OS2. The van der Waals surface area contributed by atoms with Crippen LogP contribution in [0.5, 0.6) is 0 Å². The van der Waals surface area contributed by atoms with Gasteiger partial charge in [-0.2, -0.15) is 10.5 Å². The van der Waals surface area contributed by atoms with E-state index in [-0.39, 0.29) is 29.3 Å². The summed E-state index contributed by atoms with van der Waals surface area (Å²) in [7, 11) is 0. The quantitative estimate of drug-likeness (QED) is 0.533. The number of hydrogen-bond donors (Lipinski definition) is 2. The SMILES string of the molecule is CCc1ccc(-c2c(C#N)c(N)nc(SCCC(=O)Nc3nccs3)c2C#N)cc1. The van der Waals surface area contributed by atoms with Gasteiger partial charge in [0.2, 0.25) is 5.91 Å². The van der Waals surface area contributed by atoms with Crippen LogP contribution >= 0.6 is 23.1 Å². The molecular weight excluding hydrogens is 416 g/mol. The molecule has 0 aliphatic carbocycles. The van der Waals surface area contributed by atoms with Gasteiger partial charge >= 0.3 is 0 Å². The highest BCUT2D eigenvalue weighted by Crippen LogP contribution is 2.36. The number of aryl methyl sites for hydroxylation is 1. The average molecular weight is 435 g/mol. The Kier molecular flexibility index (Phi) is 7.02. The zero-order valence-electron chi connectivity index (χ0n) is 16.2. The highest BCUT2D eigenvalue weighted by molar-refractivity contribution is 7.99. The van der Waals surface area contributed by atoms with E-state index in [1.807, 2.05) is 24.3 Å². The van der Waals surface area contributed by atoms with Gasteiger partial charge in [-0.25, -0.2) is 9.97 Å². The highest BCUT2D eigenvalue weighted by atomic mass is 32.2. The number of pyridine rings is 1. The predicted molar refractivity (Wildman–Crippen MR) is 119 cm³/mol. The summed E-state index contributed by atoms with van der Waals surface area (Å²) in [5, 5.41) is 24.9. The van der Waals surface area contributed by atoms with E-state index >= 15 is 0 Å². The van der Waals surface area contributed by atoms with Crippen LogP contribution in [0.15, 0.2) is 40.9 Å². The minimum atomic E-state index is -0.173. The second kappa shape index (κ2) is 9.88. The lowest BCUT2D eigenvalue weighted by atomic mass is 9.96. The molecule has 0 aliphatic heterocycles. The van der Waals surface area contributed by atoms with Crippen LogP contribution in [0.25, 0.3) is 11.1 Å². The highest BCUT2D eigenvalue weighted by Gasteiger charge is 2.20. The third-order valence-electron chi connectivity index (χ3n) is 4.31. The molecule has 150 valence electrons. The van der Waals surface area contributed by atoms with E-state index in [1.54, 1.807) is 11.6 Å². The van der Waals surface area contributed by atoms with Gasteiger partial charge in [0.05, 0.1) is 5.56 Å². The van der Waals surface area contributed by atoms with Gasteiger partial charge in [0.15, 0.2) is 5.13 Å². The molecule has 9 heteroatoms. The normalized spacial score (nSPS) is 10.2. The van der Waals surface area contributed by atoms with Crippen molar-refractivity contribution in [1.29, 1.82) is 10.5 Å². The van der Waals surface area contributed by atoms with Crippen molar-refractivity contribution in [3.8, 4) is 23.3 Å². The molecule has 3 aromatic rings. The van der Waals surface area contributed by atoms with Crippen molar-refractivity contribution in [2.45, 2.75) is 24.8 Å². The van der Waals surface area contributed by atoms with Crippen molar-refractivity contribution < 1.29 is 4.79 Å². The summed E-state index contributed by atoms with van der Waals surface area (Å²) in [5.74, 6) is 0.298. The molecule has 0 atom stereocenters. The first-order valence-electron chi connectivity index (χ1n) is 9.12. The van der Waals surface area contributed by atoms with Crippen molar-refractivity contribution in [2.75, 3.05) is 16.8 Å². The van der Waals surface area contributed by atoms with E-state index in [1.165, 1.54) is 23.1 Å². The van der Waals surface area contributed by atoms with Crippen molar-refractivity contribution in [3.05, 3.63) is 52.5 Å². The third-order valence-corrected chi connectivity index (χ3v) is 5.98. The number of nitrogens with zero attached hydrogens (tertiary/aromatic N) is 4. The minimum absolute atomic E-state index is 0.0702. The Morgan fingerprint density at radius 2 is 1.97 bits per heavy atom. The summed E-state index contributed by atoms with van der Waals surface area (Å²) in [6, 6.07) is 11.9. The van der Waals surface area contributed by atoms with Crippen LogP contribution in [0.2, 0.25) is 0 Å². The number of carbonyl (C=O) groups excluding carboxylic acids is 1. The number of rotatable bonds is 7. The van der Waals surface area contributed by atoms with Gasteiger partial charge in [0, 0.05) is 29.3 Å². The number of thiazole rings is 1. The number of benzene rings is 1. The van der Waals surface area contributed by atoms with Gasteiger partial charge in [0.1, 0.15) is 28.5 Å². The van der Waals surface area contributed by atoms with Crippen molar-refractivity contribution >= 4 is 40.0 Å². The number of thioether (sulfide) groups is 1. The lowest BCUT2D eigenvalue weighted by Crippen LogP contribution is -2.12. The summed E-state index contributed by atoms with van der Waals surface area (Å²) in [6.07, 6.45) is 2.72. The monoisotopic (exact) mass is 434 g/mol. The van der Waals surface area contributed by atoms with E-state index in [4.69, 9.17) is 5.73 Å². The Morgan fingerprint density at radius 3 is 2.57 bits per heavy atom. The van der Waals surface area contributed by atoms with Crippen LogP contribution in [-0.2, 0) is 11.2 Å². The Balaban J connectivity index is 1.86. The molecule has 30 heavy (non-hydrogen) atoms. The van der Waals surface area contributed by atoms with Gasteiger partial charge in [-0.1, -0.05) is 31.2 Å². The molecule has 3 N–H and O–H groups in total. The molecule has 0 fully saturated rings. The summed E-state index contributed by atoms with van der Waals surface area (Å²) < 4.78 is 0. The molecule has 0 saturated heterocycles. The Bertz CT molecular complexity index is 1130. The Labute approximate surface area is 182 Å². The average Bonchev–Trinajstić information content (AvgIpc) is 3.26. The number of nitriles is 2. The Hall–Kier alpha value is -3.40. The fourth-order valence-electron chi connectivity index (χ4n) is 2.81. The number of nitrogens with two attached hydrogens (primary N) is 1. The van der Waals surface area contributed by atoms with Crippen molar-refractivity contribution in [1.82, 2.24) is 9.97 Å². The van der Waals surface area contributed by atoms with Crippen LogP contribution in [-0.4, -0.2) is 21.6 Å². The van der Waals surface area contributed by atoms with Crippen LogP contribution in [0.1, 0.15) is 30.0 Å². The first kappa shape index (κ1) is 21.3. The summed E-state index contributed by atoms with van der Waals surface area (Å²) in [4.78, 5) is 20.3. The van der Waals surface area contributed by atoms with Crippen molar-refractivity contribution in [2.24, 2.45) is 0 Å². The maximum absolute atomic E-state index is 12.1. The Morgan fingerprint density at radius 1 is 1.23 bits per heavy atom. The molecule has 0 saturated carbocycles. The van der Waals surface area contributed by atoms with E-state index in [0.29, 0.717) is 21.5 Å². The zero-order valence-corrected chi connectivity index (χ0v) is 17.8. The number of nitrogen functional groups attached to an aromatic ring is 1. The smallest absolute Gasteiger partial charge is 0.226 e. The lowest BCUT2D eigenvalue weighted by molar-refractivity contribution is -0.115. The van der Waals surface area contributed by atoms with E-state index in [9.17, 15) is 15.3 Å². The molecule has 1 amide bonds. The molecule has 2 aromatic heterocycles. The largest absolute Gasteiger partial charge is 0.383 e. The molecule has 0 aliphatic rings. The third kappa shape index (κ3) is 4.77. The fourth-order valence-corrected chi connectivity index (χ4v) is 4.29. The summed E-state index contributed by atoms with van der Waals surface area (Å²) >= 11 is 2.60. The first-order valence-corrected chi connectivity index (χ1v) is 11.0. The molecule has 0 radical (unpaired) electrons. The molecule has 2 heterocycles. The molecule has 1 aromatic carbocycles. The standard InChI is InChI=1S/C21H18N6OS2/c1-2-13-3-5-14(6-4-13)18-15(11-22)19(24)27-20(16(18)12-23)29-9-7-17(28)26-21-25-8-10-30-21/h3-6,8,10H,2,7,9H2,1H3,(H2,24,27)(H,25,26,28). The predicted octanol–water partition coefficient (Wildman–Crippen LogP) is 4.21. The van der Waals surface area contributed by atoms with Crippen LogP contribution < -0.4 is 11.1 Å². The maximum atomic E-state index is 12.1. The zero-order chi connectivity index (χ0) is 21.5. The number of hydrogen-bond acceptors (Lipinski definition) is 8. The fraction of sp³-hybridized carbons (Fsp3) is 0.190. The van der Waals surface area contributed by atoms with Gasteiger partial charge < -0.3 is 11.1 Å². The van der Waals surface area contributed by atoms with Crippen LogP contribution in [0.3, 0.4) is 0 Å². The van der Waals surface area contributed by atoms with E-state index in [2.05, 4.69) is 34.3 Å². The molecule has 0 bridgehead atoms. The molecule has 0 spiro atoms. The second-order valence-corrected chi connectivity index (χ2v) is 8.16. The molecule has 7 nitrogen and oxygen atoms in total. The molecule has 3 rings (SSSR count). The van der Waals surface area contributed by atoms with E-state index < -0.39 is 0 Å². The number of amides is 1. The maximum Gasteiger partial charge on any atom is 0.226 e. The summed E-state index contributed by atoms with van der Waals surface area (Å²) in [6.45, 7) is 2.06. The lowest BCUT2D eigenvalue weighted by Gasteiger charge is -2.13. The van der Waals surface area contributed by atoms with Crippen molar-refractivity contribution in [3.63, 3.8) is 0 Å². The number of nitrogens with one attached hydrogen (secondary N) is 1. The van der Waals surface area contributed by atoms with Crippen LogP contribution in [0, 0.1) is 22.7 Å². The molecule has 0 unspecified atom stereocenters. The number of anilines is 2. The van der Waals surface area contributed by atoms with E-state index in [0.717, 1.165) is 17.5 Å². The number of carbonyl (C=O) groups is 1. The topological polar surface area (TPSA) is 128 Å². The summed E-state index contributed by atoms with van der Waals surface area (Å²) in [5.41, 5.74) is 8.86. The minimum Gasteiger partial charge on any atom is -0.383 e. The van der Waals surface area contributed by atoms with Crippen LogP contribution in [0.4, 0.5) is 10.9 Å². The first-order chi connectivity index (χ1) is 14.6. The van der Waals surface area contributed by atoms with Gasteiger partial charge in [0.25, 0.3) is 0 Å². The second-order valence-electron chi connectivity index (χ2n) is 6.19. The van der Waals surface area contributed by atoms with Gasteiger partial charge in [-0.15, -0.1) is 23.1 Å². The van der Waals surface area contributed by atoms with Gasteiger partial charge in [-0.3, -0.25) is 4.79 Å². The number of aromatic nitrogens is 2. The van der Waals surface area contributed by atoms with Gasteiger partial charge in [-0.05, 0) is 17.5 Å².